The van der Waals surface area contributed by atoms with Gasteiger partial charge in [-0.3, -0.25) is 0 Å². The third-order valence-electron chi connectivity index (χ3n) is 3.34. The molecule has 2 atom stereocenters. The smallest absolute Gasteiger partial charge is 0.212 e. The molecule has 1 saturated carbocycles. The molecular formula is C13H20N2O2S2. The van der Waals surface area contributed by atoms with E-state index in [0.717, 1.165) is 17.0 Å². The number of sulfonamides is 1. The SMILES string of the molecule is CC1CC1CNS(=O)(=O)CCSc1ccc(N)cc1. The van der Waals surface area contributed by atoms with E-state index in [-0.39, 0.29) is 5.75 Å². The van der Waals surface area contributed by atoms with Gasteiger partial charge >= 0.3 is 0 Å². The lowest BCUT2D eigenvalue weighted by atomic mass is 10.3. The van der Waals surface area contributed by atoms with Crippen LogP contribution < -0.4 is 10.5 Å². The molecule has 6 heteroatoms. The van der Waals surface area contributed by atoms with Gasteiger partial charge in [0.25, 0.3) is 0 Å². The highest BCUT2D eigenvalue weighted by molar-refractivity contribution is 8.00. The summed E-state index contributed by atoms with van der Waals surface area (Å²) in [5, 5.41) is 0. The molecule has 2 unspecified atom stereocenters. The van der Waals surface area contributed by atoms with Crippen molar-refractivity contribution >= 4 is 27.5 Å². The average Bonchev–Trinajstić information content (AvgIpc) is 3.06. The summed E-state index contributed by atoms with van der Waals surface area (Å²) >= 11 is 1.53. The first kappa shape index (κ1) is 14.7. The van der Waals surface area contributed by atoms with Crippen LogP contribution in [0.5, 0.6) is 0 Å². The second-order valence-corrected chi connectivity index (χ2v) is 8.15. The van der Waals surface area contributed by atoms with Gasteiger partial charge in [-0.15, -0.1) is 11.8 Å². The molecule has 0 saturated heterocycles. The summed E-state index contributed by atoms with van der Waals surface area (Å²) in [5.41, 5.74) is 6.31. The highest BCUT2D eigenvalue weighted by Crippen LogP contribution is 2.36. The van der Waals surface area contributed by atoms with E-state index in [2.05, 4.69) is 11.6 Å². The number of anilines is 1. The number of nitrogens with two attached hydrogens (primary N) is 1. The number of thioether (sulfide) groups is 1. The zero-order valence-corrected chi connectivity index (χ0v) is 12.6. The second kappa shape index (κ2) is 6.15. The molecule has 3 N–H and O–H groups in total. The van der Waals surface area contributed by atoms with Crippen LogP contribution in [0.4, 0.5) is 5.69 Å². The molecule has 106 valence electrons. The predicted molar refractivity (Wildman–Crippen MR) is 80.6 cm³/mol. The molecule has 1 aromatic rings. The molecule has 0 heterocycles. The molecule has 0 amide bonds. The Kier molecular flexibility index (Phi) is 4.76. The van der Waals surface area contributed by atoms with Crippen LogP contribution in [-0.2, 0) is 10.0 Å². The number of hydrogen-bond acceptors (Lipinski definition) is 4. The van der Waals surface area contributed by atoms with Crippen molar-refractivity contribution in [2.24, 2.45) is 11.8 Å². The van der Waals surface area contributed by atoms with E-state index in [1.807, 2.05) is 24.3 Å². The fourth-order valence-electron chi connectivity index (χ4n) is 1.82. The largest absolute Gasteiger partial charge is 0.399 e. The normalized spacial score (nSPS) is 22.4. The molecule has 0 aromatic heterocycles. The van der Waals surface area contributed by atoms with E-state index < -0.39 is 10.0 Å². The fourth-order valence-corrected chi connectivity index (χ4v) is 4.21. The molecule has 0 spiro atoms. The molecule has 1 fully saturated rings. The van der Waals surface area contributed by atoms with Crippen LogP contribution in [0.1, 0.15) is 13.3 Å². The Hall–Kier alpha value is -0.720. The van der Waals surface area contributed by atoms with Gasteiger partial charge in [-0.1, -0.05) is 6.92 Å². The number of nitrogen functional groups attached to an aromatic ring is 1. The molecule has 0 radical (unpaired) electrons. The maximum atomic E-state index is 11.8. The third kappa shape index (κ3) is 5.04. The lowest BCUT2D eigenvalue weighted by Gasteiger charge is -2.06. The van der Waals surface area contributed by atoms with Gasteiger partial charge < -0.3 is 5.73 Å². The minimum absolute atomic E-state index is 0.156. The number of rotatable bonds is 7. The third-order valence-corrected chi connectivity index (χ3v) is 5.96. The quantitative estimate of drug-likeness (QED) is 0.596. The monoisotopic (exact) mass is 300 g/mol. The van der Waals surface area contributed by atoms with Crippen molar-refractivity contribution in [2.75, 3.05) is 23.8 Å². The van der Waals surface area contributed by atoms with Crippen LogP contribution in [0.25, 0.3) is 0 Å². The van der Waals surface area contributed by atoms with E-state index in [0.29, 0.717) is 24.1 Å². The van der Waals surface area contributed by atoms with E-state index in [1.54, 1.807) is 0 Å². The molecule has 1 aromatic carbocycles. The Labute approximate surface area is 119 Å². The summed E-state index contributed by atoms with van der Waals surface area (Å²) in [7, 11) is -3.13. The van der Waals surface area contributed by atoms with Gasteiger partial charge in [0.15, 0.2) is 0 Å². The minimum atomic E-state index is -3.13. The van der Waals surface area contributed by atoms with Crippen molar-refractivity contribution in [3.63, 3.8) is 0 Å². The zero-order valence-electron chi connectivity index (χ0n) is 11.0. The second-order valence-electron chi connectivity index (χ2n) is 5.06. The molecule has 1 aliphatic carbocycles. The predicted octanol–water partition coefficient (Wildman–Crippen LogP) is 1.94. The average molecular weight is 300 g/mol. The van der Waals surface area contributed by atoms with Crippen LogP contribution >= 0.6 is 11.8 Å². The van der Waals surface area contributed by atoms with Gasteiger partial charge in [0.2, 0.25) is 10.0 Å². The maximum Gasteiger partial charge on any atom is 0.212 e. The van der Waals surface area contributed by atoms with Crippen LogP contribution in [0, 0.1) is 11.8 Å². The number of hydrogen-bond donors (Lipinski definition) is 2. The number of benzene rings is 1. The van der Waals surface area contributed by atoms with Crippen molar-refractivity contribution < 1.29 is 8.42 Å². The van der Waals surface area contributed by atoms with Crippen LogP contribution in [0.3, 0.4) is 0 Å². The van der Waals surface area contributed by atoms with Gasteiger partial charge in [0.05, 0.1) is 5.75 Å². The van der Waals surface area contributed by atoms with E-state index in [1.165, 1.54) is 11.8 Å². The van der Waals surface area contributed by atoms with Crippen molar-refractivity contribution in [3.8, 4) is 0 Å². The van der Waals surface area contributed by atoms with Gasteiger partial charge in [0.1, 0.15) is 0 Å². The van der Waals surface area contributed by atoms with Gasteiger partial charge in [0, 0.05) is 22.9 Å². The molecule has 4 nitrogen and oxygen atoms in total. The van der Waals surface area contributed by atoms with E-state index in [9.17, 15) is 8.42 Å². The molecule has 1 aliphatic rings. The molecule has 2 rings (SSSR count). The highest BCUT2D eigenvalue weighted by atomic mass is 32.2. The standard InChI is InChI=1S/C13H20N2O2S2/c1-10-8-11(10)9-15-19(16,17)7-6-18-13-4-2-12(14)3-5-13/h2-5,10-11,15H,6-9,14H2,1H3. The summed E-state index contributed by atoms with van der Waals surface area (Å²) in [6.45, 7) is 2.74. The molecule has 0 aliphatic heterocycles. The van der Waals surface area contributed by atoms with Gasteiger partial charge in [-0.05, 0) is 42.5 Å². The summed E-state index contributed by atoms with van der Waals surface area (Å²) in [5.74, 6) is 1.93. The fraction of sp³-hybridized carbons (Fsp3) is 0.538. The lowest BCUT2D eigenvalue weighted by molar-refractivity contribution is 0.576. The summed E-state index contributed by atoms with van der Waals surface area (Å²) in [6, 6.07) is 7.46. The van der Waals surface area contributed by atoms with Crippen LogP contribution in [0.15, 0.2) is 29.2 Å². The van der Waals surface area contributed by atoms with Crippen LogP contribution in [0.2, 0.25) is 0 Å². The Morgan fingerprint density at radius 3 is 2.58 bits per heavy atom. The Morgan fingerprint density at radius 2 is 2.00 bits per heavy atom. The Balaban J connectivity index is 1.70. The van der Waals surface area contributed by atoms with Crippen LogP contribution in [-0.4, -0.2) is 26.5 Å². The molecule has 19 heavy (non-hydrogen) atoms. The van der Waals surface area contributed by atoms with E-state index in [4.69, 9.17) is 5.73 Å². The van der Waals surface area contributed by atoms with Crippen molar-refractivity contribution in [2.45, 2.75) is 18.2 Å². The molecular weight excluding hydrogens is 280 g/mol. The first-order valence-electron chi connectivity index (χ1n) is 6.42. The molecule has 0 bridgehead atoms. The van der Waals surface area contributed by atoms with Gasteiger partial charge in [-0.25, -0.2) is 13.1 Å². The first-order chi connectivity index (χ1) is 8.96. The summed E-state index contributed by atoms with van der Waals surface area (Å²) in [6.07, 6.45) is 1.14. The number of nitrogens with one attached hydrogen (secondary N) is 1. The summed E-state index contributed by atoms with van der Waals surface area (Å²) < 4.78 is 26.2. The first-order valence-corrected chi connectivity index (χ1v) is 9.06. The summed E-state index contributed by atoms with van der Waals surface area (Å²) in [4.78, 5) is 1.04. The Bertz CT molecular complexity index is 514. The Morgan fingerprint density at radius 1 is 1.37 bits per heavy atom. The maximum absolute atomic E-state index is 11.8. The van der Waals surface area contributed by atoms with Gasteiger partial charge in [-0.2, -0.15) is 0 Å². The van der Waals surface area contributed by atoms with Crippen molar-refractivity contribution in [3.05, 3.63) is 24.3 Å². The zero-order chi connectivity index (χ0) is 13.9. The lowest BCUT2D eigenvalue weighted by Crippen LogP contribution is -2.29. The minimum Gasteiger partial charge on any atom is -0.399 e. The topological polar surface area (TPSA) is 72.2 Å². The highest BCUT2D eigenvalue weighted by Gasteiger charge is 2.32. The van der Waals surface area contributed by atoms with Crippen molar-refractivity contribution in [1.29, 1.82) is 0 Å². The van der Waals surface area contributed by atoms with E-state index >= 15 is 0 Å². The van der Waals surface area contributed by atoms with Crippen molar-refractivity contribution in [1.82, 2.24) is 4.72 Å².